The Hall–Kier alpha value is -2.29. The summed E-state index contributed by atoms with van der Waals surface area (Å²) >= 11 is 0. The van der Waals surface area contributed by atoms with Crippen LogP contribution in [0.4, 0.5) is 8.78 Å². The molecule has 1 amide bonds. The van der Waals surface area contributed by atoms with Crippen LogP contribution in [0.15, 0.2) is 24.7 Å². The second-order valence-corrected chi connectivity index (χ2v) is 7.18. The van der Waals surface area contributed by atoms with Crippen LogP contribution in [0.1, 0.15) is 48.0 Å². The van der Waals surface area contributed by atoms with Crippen LogP contribution in [-0.2, 0) is 6.54 Å². The van der Waals surface area contributed by atoms with Crippen LogP contribution >= 0.6 is 0 Å². The predicted octanol–water partition coefficient (Wildman–Crippen LogP) is 2.45. The summed E-state index contributed by atoms with van der Waals surface area (Å²) in [6.07, 6.45) is 7.76. The summed E-state index contributed by atoms with van der Waals surface area (Å²) in [6.45, 7) is 0.287. The van der Waals surface area contributed by atoms with Crippen LogP contribution in [0.2, 0.25) is 0 Å². The van der Waals surface area contributed by atoms with E-state index in [-0.39, 0.29) is 17.5 Å². The number of rotatable bonds is 7. The molecule has 1 aliphatic heterocycles. The molecule has 0 spiro atoms. The molecule has 1 fully saturated rings. The summed E-state index contributed by atoms with van der Waals surface area (Å²) < 4.78 is 28.0. The quantitative estimate of drug-likeness (QED) is 0.740. The fraction of sp³-hybridized carbons (Fsp3) is 0.611. The van der Waals surface area contributed by atoms with Crippen molar-refractivity contribution in [2.75, 3.05) is 33.7 Å². The smallest absolute Gasteiger partial charge is 0.333 e. The number of aromatic nitrogens is 4. The van der Waals surface area contributed by atoms with Crippen molar-refractivity contribution < 1.29 is 13.6 Å². The van der Waals surface area contributed by atoms with Gasteiger partial charge in [0.05, 0.1) is 0 Å². The van der Waals surface area contributed by atoms with Gasteiger partial charge in [0.25, 0.3) is 5.91 Å². The molecule has 0 radical (unpaired) electrons. The van der Waals surface area contributed by atoms with E-state index in [0.717, 1.165) is 44.4 Å². The number of imidazole rings is 1. The minimum Gasteiger partial charge on any atom is -0.337 e. The van der Waals surface area contributed by atoms with E-state index < -0.39 is 6.55 Å². The zero-order valence-electron chi connectivity index (χ0n) is 15.8. The highest BCUT2D eigenvalue weighted by Crippen LogP contribution is 2.27. The van der Waals surface area contributed by atoms with Gasteiger partial charge in [0.15, 0.2) is 5.69 Å². The molecule has 0 aliphatic carbocycles. The number of carbonyl (C=O) groups is 1. The van der Waals surface area contributed by atoms with Crippen molar-refractivity contribution in [1.29, 1.82) is 0 Å². The molecule has 0 N–H and O–H groups in total. The summed E-state index contributed by atoms with van der Waals surface area (Å²) in [7, 11) is 4.10. The van der Waals surface area contributed by atoms with Crippen LogP contribution in [0.5, 0.6) is 0 Å². The van der Waals surface area contributed by atoms with Crippen molar-refractivity contribution in [2.24, 2.45) is 0 Å². The van der Waals surface area contributed by atoms with Crippen molar-refractivity contribution in [1.82, 2.24) is 29.1 Å². The molecule has 9 heteroatoms. The van der Waals surface area contributed by atoms with Crippen molar-refractivity contribution in [3.05, 3.63) is 36.2 Å². The molecule has 3 rings (SSSR count). The number of piperidine rings is 1. The molecule has 2 aromatic heterocycles. The van der Waals surface area contributed by atoms with Gasteiger partial charge in [0.1, 0.15) is 5.82 Å². The van der Waals surface area contributed by atoms with Crippen molar-refractivity contribution in [2.45, 2.75) is 38.3 Å². The van der Waals surface area contributed by atoms with E-state index in [1.165, 1.54) is 6.07 Å². The molecule has 0 bridgehead atoms. The van der Waals surface area contributed by atoms with Crippen LogP contribution in [0, 0.1) is 0 Å². The molecule has 2 aromatic rings. The van der Waals surface area contributed by atoms with Gasteiger partial charge in [-0.25, -0.2) is 9.67 Å². The highest BCUT2D eigenvalue weighted by Gasteiger charge is 2.29. The normalized spacial score (nSPS) is 17.9. The first kappa shape index (κ1) is 19.5. The van der Waals surface area contributed by atoms with Crippen molar-refractivity contribution in [3.63, 3.8) is 0 Å². The van der Waals surface area contributed by atoms with Gasteiger partial charge in [-0.15, -0.1) is 0 Å². The minimum atomic E-state index is -2.74. The van der Waals surface area contributed by atoms with Crippen molar-refractivity contribution in [3.8, 4) is 0 Å². The van der Waals surface area contributed by atoms with Gasteiger partial charge in [0.2, 0.25) is 0 Å². The lowest BCUT2D eigenvalue weighted by Crippen LogP contribution is -2.40. The van der Waals surface area contributed by atoms with E-state index in [1.807, 2.05) is 6.20 Å². The number of nitrogens with zero attached hydrogens (tertiary/aromatic N) is 6. The van der Waals surface area contributed by atoms with Gasteiger partial charge in [-0.1, -0.05) is 0 Å². The molecular formula is C18H26F2N6O. The van der Waals surface area contributed by atoms with Gasteiger partial charge in [-0.2, -0.15) is 13.9 Å². The molecular weight excluding hydrogens is 354 g/mol. The Bertz CT molecular complexity index is 757. The number of likely N-dealkylation sites (tertiary alicyclic amines) is 1. The van der Waals surface area contributed by atoms with Gasteiger partial charge in [-0.05, 0) is 46.0 Å². The minimum absolute atomic E-state index is 0.0604. The molecule has 0 saturated carbocycles. The average molecular weight is 380 g/mol. The maximum atomic E-state index is 12.7. The fourth-order valence-corrected chi connectivity index (χ4v) is 3.52. The first-order chi connectivity index (χ1) is 13.0. The zero-order chi connectivity index (χ0) is 19.4. The van der Waals surface area contributed by atoms with Gasteiger partial charge >= 0.3 is 6.55 Å². The van der Waals surface area contributed by atoms with E-state index in [9.17, 15) is 13.6 Å². The molecule has 148 valence electrons. The number of halogens is 2. The van der Waals surface area contributed by atoms with Crippen LogP contribution in [-0.4, -0.2) is 68.8 Å². The largest absolute Gasteiger partial charge is 0.337 e. The Morgan fingerprint density at radius 3 is 2.89 bits per heavy atom. The zero-order valence-corrected chi connectivity index (χ0v) is 15.8. The lowest BCUT2D eigenvalue weighted by Gasteiger charge is -2.32. The molecule has 7 nitrogen and oxygen atoms in total. The molecule has 1 atom stereocenters. The standard InChI is InChI=1S/C18H26F2N6O/c1-23(2)8-4-10-24-12-7-21-16(24)14-5-3-9-25(13-14)17(27)15-6-11-26(22-15)18(19)20/h6-7,11-12,14,18H,3-5,8-10,13H2,1-2H3/t14-/m1/s1. The molecule has 3 heterocycles. The lowest BCUT2D eigenvalue weighted by atomic mass is 9.96. The highest BCUT2D eigenvalue weighted by molar-refractivity contribution is 5.92. The third-order valence-electron chi connectivity index (χ3n) is 4.85. The third-order valence-corrected chi connectivity index (χ3v) is 4.85. The first-order valence-corrected chi connectivity index (χ1v) is 9.24. The maximum Gasteiger partial charge on any atom is 0.333 e. The SMILES string of the molecule is CN(C)CCCn1ccnc1[C@@H]1CCCN(C(=O)c2ccn(C(F)F)n2)C1. The molecule has 1 saturated heterocycles. The Balaban J connectivity index is 1.65. The van der Waals surface area contributed by atoms with Crippen LogP contribution in [0.25, 0.3) is 0 Å². The highest BCUT2D eigenvalue weighted by atomic mass is 19.3. The van der Waals surface area contributed by atoms with E-state index in [4.69, 9.17) is 0 Å². The number of amides is 1. The number of aryl methyl sites for hydroxylation is 1. The van der Waals surface area contributed by atoms with Gasteiger partial charge in [0, 0.05) is 44.1 Å². The van der Waals surface area contributed by atoms with Gasteiger partial charge in [-0.3, -0.25) is 4.79 Å². The van der Waals surface area contributed by atoms with Gasteiger partial charge < -0.3 is 14.4 Å². The number of hydrogen-bond donors (Lipinski definition) is 0. The summed E-state index contributed by atoms with van der Waals surface area (Å²) in [6, 6.07) is 1.35. The van der Waals surface area contributed by atoms with E-state index in [0.29, 0.717) is 17.8 Å². The number of hydrogen-bond acceptors (Lipinski definition) is 4. The molecule has 1 aliphatic rings. The second-order valence-electron chi connectivity index (χ2n) is 7.18. The monoisotopic (exact) mass is 380 g/mol. The Kier molecular flexibility index (Phi) is 6.20. The molecule has 0 unspecified atom stereocenters. The number of carbonyl (C=O) groups excluding carboxylic acids is 1. The predicted molar refractivity (Wildman–Crippen MR) is 96.8 cm³/mol. The van der Waals surface area contributed by atoms with E-state index in [2.05, 4.69) is 33.6 Å². The summed E-state index contributed by atoms with van der Waals surface area (Å²) in [5, 5.41) is 3.70. The van der Waals surface area contributed by atoms with E-state index >= 15 is 0 Å². The van der Waals surface area contributed by atoms with Crippen LogP contribution in [0.3, 0.4) is 0 Å². The number of alkyl halides is 2. The maximum absolute atomic E-state index is 12.7. The Labute approximate surface area is 157 Å². The summed E-state index contributed by atoms with van der Waals surface area (Å²) in [5.41, 5.74) is 0.0604. The van der Waals surface area contributed by atoms with Crippen LogP contribution < -0.4 is 0 Å². The lowest BCUT2D eigenvalue weighted by molar-refractivity contribution is 0.0546. The Morgan fingerprint density at radius 2 is 2.19 bits per heavy atom. The second kappa shape index (κ2) is 8.60. The summed E-state index contributed by atoms with van der Waals surface area (Å²) in [5.74, 6) is 0.837. The topological polar surface area (TPSA) is 59.2 Å². The van der Waals surface area contributed by atoms with E-state index in [1.54, 1.807) is 11.1 Å². The fourth-order valence-electron chi connectivity index (χ4n) is 3.52. The summed E-state index contributed by atoms with van der Waals surface area (Å²) in [4.78, 5) is 21.0. The molecule has 0 aromatic carbocycles. The first-order valence-electron chi connectivity index (χ1n) is 9.24. The Morgan fingerprint density at radius 1 is 1.37 bits per heavy atom. The average Bonchev–Trinajstić information content (AvgIpc) is 3.30. The van der Waals surface area contributed by atoms with Crippen molar-refractivity contribution >= 4 is 5.91 Å². The molecule has 27 heavy (non-hydrogen) atoms. The third kappa shape index (κ3) is 4.71.